The second-order valence-corrected chi connectivity index (χ2v) is 4.80. The minimum atomic E-state index is -0.871. The zero-order valence-corrected chi connectivity index (χ0v) is 11.2. The van der Waals surface area contributed by atoms with Crippen molar-refractivity contribution in [2.45, 2.75) is 19.1 Å². The quantitative estimate of drug-likeness (QED) is 0.856. The van der Waals surface area contributed by atoms with Gasteiger partial charge in [-0.2, -0.15) is 0 Å². The fourth-order valence-electron chi connectivity index (χ4n) is 1.67. The lowest BCUT2D eigenvalue weighted by Crippen LogP contribution is -2.34. The number of hydrogen-bond donors (Lipinski definition) is 1. The van der Waals surface area contributed by atoms with Gasteiger partial charge in [0.15, 0.2) is 12.0 Å². The molecule has 0 aromatic carbocycles. The molecule has 2 amide bonds. The van der Waals surface area contributed by atoms with E-state index in [4.69, 9.17) is 4.52 Å². The monoisotopic (exact) mass is 303 g/mol. The third-order valence-corrected chi connectivity index (χ3v) is 3.72. The van der Waals surface area contributed by atoms with E-state index in [0.717, 1.165) is 5.33 Å². The van der Waals surface area contributed by atoms with Crippen LogP contribution >= 0.6 is 15.9 Å². The molecule has 1 saturated heterocycles. The van der Waals surface area contributed by atoms with E-state index in [1.807, 2.05) is 6.92 Å². The van der Waals surface area contributed by atoms with Crippen LogP contribution in [0.4, 0.5) is 10.6 Å². The first-order chi connectivity index (χ1) is 8.04. The summed E-state index contributed by atoms with van der Waals surface area (Å²) in [6.45, 7) is 2.25. The Kier molecular flexibility index (Phi) is 3.39. The topological polar surface area (TPSA) is 69.8 Å². The number of amides is 2. The maximum atomic E-state index is 11.8. The van der Waals surface area contributed by atoms with Gasteiger partial charge in [-0.15, -0.1) is 0 Å². The molecule has 1 aliphatic rings. The smallest absolute Gasteiger partial charge is 0.327 e. The number of aliphatic hydroxyl groups is 1. The van der Waals surface area contributed by atoms with E-state index in [9.17, 15) is 9.90 Å². The molecule has 2 heterocycles. The summed E-state index contributed by atoms with van der Waals surface area (Å²) in [6, 6.07) is 1.41. The summed E-state index contributed by atoms with van der Waals surface area (Å²) in [4.78, 5) is 14.4. The number of β-amino-alcohol motifs (C(OH)–C–C–N with tert-alkyl or cyclic N) is 1. The molecule has 17 heavy (non-hydrogen) atoms. The lowest BCUT2D eigenvalue weighted by molar-refractivity contribution is 0.182. The molecule has 0 bridgehead atoms. The second kappa shape index (κ2) is 4.66. The summed E-state index contributed by atoms with van der Waals surface area (Å²) in [5.74, 6) is 1.21. The zero-order valence-electron chi connectivity index (χ0n) is 9.63. The number of rotatable bonds is 3. The average Bonchev–Trinajstić information content (AvgIpc) is 2.85. The highest BCUT2D eigenvalue weighted by molar-refractivity contribution is 9.09. The van der Waals surface area contributed by atoms with E-state index in [-0.39, 0.29) is 18.5 Å². The van der Waals surface area contributed by atoms with E-state index in [1.165, 1.54) is 9.80 Å². The molecule has 2 unspecified atom stereocenters. The highest BCUT2D eigenvalue weighted by atomic mass is 79.9. The lowest BCUT2D eigenvalue weighted by Gasteiger charge is -2.14. The summed E-state index contributed by atoms with van der Waals surface area (Å²) in [7, 11) is 1.63. The van der Waals surface area contributed by atoms with Crippen molar-refractivity contribution in [2.75, 3.05) is 23.8 Å². The second-order valence-electron chi connectivity index (χ2n) is 4.16. The minimum absolute atomic E-state index is 0.170. The van der Waals surface area contributed by atoms with Crippen LogP contribution in [0, 0.1) is 0 Å². The number of likely N-dealkylation sites (N-methyl/N-ethyl adjacent to an activating group) is 1. The van der Waals surface area contributed by atoms with E-state index >= 15 is 0 Å². The van der Waals surface area contributed by atoms with Crippen molar-refractivity contribution < 1.29 is 14.4 Å². The number of nitrogens with zero attached hydrogens (tertiary/aromatic N) is 3. The Morgan fingerprint density at radius 3 is 3.00 bits per heavy atom. The van der Waals surface area contributed by atoms with Crippen molar-refractivity contribution >= 4 is 27.8 Å². The number of anilines is 1. The first-order valence-corrected chi connectivity index (χ1v) is 6.41. The van der Waals surface area contributed by atoms with Crippen LogP contribution in [0.25, 0.3) is 0 Å². The highest BCUT2D eigenvalue weighted by Crippen LogP contribution is 2.26. The van der Waals surface area contributed by atoms with Gasteiger partial charge in [-0.1, -0.05) is 28.0 Å². The molecule has 1 aromatic heterocycles. The molecule has 0 aliphatic carbocycles. The molecule has 0 spiro atoms. The van der Waals surface area contributed by atoms with Crippen LogP contribution < -0.4 is 4.90 Å². The molecule has 1 aromatic rings. The van der Waals surface area contributed by atoms with Crippen LogP contribution in [0.15, 0.2) is 10.6 Å². The normalized spacial score (nSPS) is 22.4. The molecule has 1 N–H and O–H groups in total. The van der Waals surface area contributed by atoms with Gasteiger partial charge in [-0.3, -0.25) is 0 Å². The third-order valence-electron chi connectivity index (χ3n) is 2.75. The van der Waals surface area contributed by atoms with Crippen molar-refractivity contribution in [3.8, 4) is 0 Å². The summed E-state index contributed by atoms with van der Waals surface area (Å²) >= 11 is 3.35. The molecule has 7 heteroatoms. The van der Waals surface area contributed by atoms with Crippen molar-refractivity contribution in [1.29, 1.82) is 0 Å². The van der Waals surface area contributed by atoms with Crippen molar-refractivity contribution in [2.24, 2.45) is 0 Å². The Morgan fingerprint density at radius 1 is 1.76 bits per heavy atom. The van der Waals surface area contributed by atoms with Gasteiger partial charge in [0.2, 0.25) is 0 Å². The van der Waals surface area contributed by atoms with E-state index in [1.54, 1.807) is 13.1 Å². The number of hydrogen-bond acceptors (Lipinski definition) is 4. The van der Waals surface area contributed by atoms with Gasteiger partial charge in [-0.05, 0) is 0 Å². The van der Waals surface area contributed by atoms with Gasteiger partial charge in [-0.25, -0.2) is 9.69 Å². The number of carbonyl (C=O) groups is 1. The van der Waals surface area contributed by atoms with E-state index in [2.05, 4.69) is 21.1 Å². The van der Waals surface area contributed by atoms with E-state index < -0.39 is 6.23 Å². The van der Waals surface area contributed by atoms with Crippen LogP contribution in [-0.2, 0) is 0 Å². The van der Waals surface area contributed by atoms with Gasteiger partial charge in [0.1, 0.15) is 5.76 Å². The Balaban J connectivity index is 2.23. The van der Waals surface area contributed by atoms with Crippen LogP contribution in [-0.4, -0.2) is 46.3 Å². The first-order valence-electron chi connectivity index (χ1n) is 5.29. The van der Waals surface area contributed by atoms with E-state index in [0.29, 0.717) is 11.6 Å². The minimum Gasteiger partial charge on any atom is -0.371 e. The van der Waals surface area contributed by atoms with Crippen molar-refractivity contribution in [3.05, 3.63) is 11.8 Å². The fourth-order valence-corrected chi connectivity index (χ4v) is 1.99. The molecular weight excluding hydrogens is 290 g/mol. The molecule has 2 rings (SSSR count). The van der Waals surface area contributed by atoms with Gasteiger partial charge in [0.25, 0.3) is 0 Å². The molecule has 1 fully saturated rings. The molecule has 94 valence electrons. The van der Waals surface area contributed by atoms with Crippen LogP contribution in [0.2, 0.25) is 0 Å². The molecular formula is C10H14BrN3O3. The standard InChI is InChI=1S/C10H14BrN3O3/c1-6(4-11)7-3-8(12-17-7)14-9(15)5-13(2)10(14)16/h3,6,9,15H,4-5H2,1-2H3. The Hall–Kier alpha value is -1.08. The van der Waals surface area contributed by atoms with Gasteiger partial charge >= 0.3 is 6.03 Å². The van der Waals surface area contributed by atoms with Crippen LogP contribution in [0.1, 0.15) is 18.6 Å². The number of aromatic nitrogens is 1. The summed E-state index contributed by atoms with van der Waals surface area (Å²) in [5, 5.41) is 14.3. The number of halogens is 1. The molecule has 1 aliphatic heterocycles. The number of aliphatic hydroxyl groups excluding tert-OH is 1. The average molecular weight is 304 g/mol. The summed E-state index contributed by atoms with van der Waals surface area (Å²) in [6.07, 6.45) is -0.871. The maximum absolute atomic E-state index is 11.8. The molecule has 0 radical (unpaired) electrons. The van der Waals surface area contributed by atoms with Gasteiger partial charge < -0.3 is 14.5 Å². The van der Waals surface area contributed by atoms with Gasteiger partial charge in [0.05, 0.1) is 6.54 Å². The number of urea groups is 1. The predicted octanol–water partition coefficient (Wildman–Crippen LogP) is 1.36. The Labute approximate surface area is 107 Å². The van der Waals surface area contributed by atoms with Gasteiger partial charge in [0, 0.05) is 24.4 Å². The molecule has 2 atom stereocenters. The lowest BCUT2D eigenvalue weighted by atomic mass is 10.1. The Bertz CT molecular complexity index is 423. The summed E-state index contributed by atoms with van der Waals surface area (Å²) < 4.78 is 5.16. The Morgan fingerprint density at radius 2 is 2.47 bits per heavy atom. The molecule has 0 saturated carbocycles. The maximum Gasteiger partial charge on any atom is 0.327 e. The number of carbonyl (C=O) groups excluding carboxylic acids is 1. The summed E-state index contributed by atoms with van der Waals surface area (Å²) in [5.41, 5.74) is 0. The zero-order chi connectivity index (χ0) is 12.6. The fraction of sp³-hybridized carbons (Fsp3) is 0.600. The van der Waals surface area contributed by atoms with Crippen LogP contribution in [0.5, 0.6) is 0 Å². The SMILES string of the molecule is CC(CBr)c1cc(N2C(=O)N(C)CC2O)no1. The van der Waals surface area contributed by atoms with Crippen molar-refractivity contribution in [1.82, 2.24) is 10.1 Å². The van der Waals surface area contributed by atoms with Crippen LogP contribution in [0.3, 0.4) is 0 Å². The largest absolute Gasteiger partial charge is 0.371 e. The highest BCUT2D eigenvalue weighted by Gasteiger charge is 2.36. The predicted molar refractivity (Wildman–Crippen MR) is 65.2 cm³/mol. The third kappa shape index (κ3) is 2.16. The van der Waals surface area contributed by atoms with Crippen molar-refractivity contribution in [3.63, 3.8) is 0 Å². The number of alkyl halides is 1. The first kappa shape index (κ1) is 12.4. The molecule has 6 nitrogen and oxygen atoms in total.